The van der Waals surface area contributed by atoms with Crippen molar-refractivity contribution in [2.24, 2.45) is 17.6 Å². The van der Waals surface area contributed by atoms with Gasteiger partial charge in [0, 0.05) is 124 Å². The van der Waals surface area contributed by atoms with Gasteiger partial charge in [-0.05, 0) is 322 Å². The minimum Gasteiger partial charge on any atom is -0.466 e. The third-order valence-electron chi connectivity index (χ3n) is 26.7. The highest BCUT2D eigenvalue weighted by molar-refractivity contribution is 7.88. The van der Waals surface area contributed by atoms with E-state index >= 15 is 0 Å². The van der Waals surface area contributed by atoms with Crippen LogP contribution in [0.15, 0.2) is 151 Å². The van der Waals surface area contributed by atoms with Crippen LogP contribution >= 0.6 is 12.4 Å². The predicted octanol–water partition coefficient (Wildman–Crippen LogP) is 14.0. The Kier molecular flexibility index (Phi) is 54.4. The third kappa shape index (κ3) is 41.9. The number of Topliss-reactive ketones (excluding diaryl/α,β-unsaturated/α-hetero) is 4. The number of para-hydroxylation sites is 1. The molecule has 0 spiro atoms. The van der Waals surface area contributed by atoms with Crippen molar-refractivity contribution in [1.82, 2.24) is 29.4 Å². The van der Waals surface area contributed by atoms with E-state index in [-0.39, 0.29) is 79.6 Å². The predicted molar refractivity (Wildman–Crippen MR) is 550 cm³/mol. The van der Waals surface area contributed by atoms with E-state index in [4.69, 9.17) is 62.5 Å². The number of ketones is 4. The second-order valence-corrected chi connectivity index (χ2v) is 40.1. The van der Waals surface area contributed by atoms with Crippen LogP contribution in [0, 0.1) is 11.8 Å². The molecule has 0 radical (unpaired) electrons. The first kappa shape index (κ1) is 124. The lowest BCUT2D eigenvalue weighted by Gasteiger charge is -2.38. The number of carbonyl (C=O) groups excluding carboxylic acids is 8. The number of benzene rings is 5. The zero-order valence-electron chi connectivity index (χ0n) is 84.5. The number of fused-ring (bicyclic) bond motifs is 6. The van der Waals surface area contributed by atoms with Crippen LogP contribution in [-0.2, 0) is 86.1 Å². The number of piperidine rings is 3. The molecular weight excluding hydrogens is 1950 g/mol. The molecule has 0 amide bonds. The Bertz CT molecular complexity index is 5090. The molecular formula is C103H150BClF6N12O20S2. The first-order chi connectivity index (χ1) is 68.6. The van der Waals surface area contributed by atoms with Gasteiger partial charge in [0.25, 0.3) is 0 Å². The highest BCUT2D eigenvalue weighted by Crippen LogP contribution is 2.40. The quantitative estimate of drug-likeness (QED) is 0.00347. The monoisotopic (exact) mass is 2100 g/mol. The number of alkyl halides is 6. The lowest BCUT2D eigenvalue weighted by molar-refractivity contribution is -0.192. The number of hydrogen-bond acceptors (Lipinski definition) is 32. The van der Waals surface area contributed by atoms with Crippen LogP contribution in [0.1, 0.15) is 225 Å². The van der Waals surface area contributed by atoms with Crippen molar-refractivity contribution in [3.63, 3.8) is 0 Å². The molecule has 9 atom stereocenters. The van der Waals surface area contributed by atoms with E-state index in [9.17, 15) is 71.9 Å². The van der Waals surface area contributed by atoms with Crippen LogP contribution in [0.5, 0.6) is 0 Å². The van der Waals surface area contributed by atoms with Crippen molar-refractivity contribution in [2.45, 2.75) is 262 Å². The Labute approximate surface area is 856 Å². The second-order valence-electron chi connectivity index (χ2n) is 37.0. The fourth-order valence-corrected chi connectivity index (χ4v) is 20.2. The van der Waals surface area contributed by atoms with Crippen LogP contribution < -0.4 is 39.4 Å². The van der Waals surface area contributed by atoms with E-state index in [0.29, 0.717) is 55.4 Å². The maximum Gasteiger partial charge on any atom is 0.525 e. The maximum absolute atomic E-state index is 12.3. The SMILES string of the molecule is CC1=CCN2CCCC2C1.CCOC(=O)C1C(=O)C(CC)CN2CCCC12.CCOC(=O)CC(=O)CC(C)=O.CCOC(CCCN)OCC.Cl.Nc1ccc(B(O)O)cc1.Nc1ccc(C2=CC3CCCN3CC2)cc1.Nc1ccc(C2=CCN3CCCC3C2)cc1.Nc1ccc(C2CCN3CCCC3C2)cc1.O=C1CCN2CCCC2C1.O=C=O.O=S(=O)(ON(OS(=O)(=O)C(F)(F)F)c1ccccc1)C(F)(F)F. The molecule has 12 heterocycles. The number of carbonyl (C=O) groups is 6. The second kappa shape index (κ2) is 63.5. The zero-order valence-corrected chi connectivity index (χ0v) is 86.9. The number of nitrogens with zero attached hydrogens (tertiary/aromatic N) is 7. The lowest BCUT2D eigenvalue weighted by Crippen LogP contribution is -2.53. The molecule has 42 heteroatoms. The van der Waals surface area contributed by atoms with E-state index in [1.165, 1.54) is 189 Å². The Balaban J connectivity index is 0.000000248. The maximum atomic E-state index is 12.3. The van der Waals surface area contributed by atoms with Gasteiger partial charge in [-0.25, -0.2) is 0 Å². The summed E-state index contributed by atoms with van der Waals surface area (Å²) in [6.07, 6.45) is 33.3. The molecule has 12 aliphatic heterocycles. The Morgan fingerprint density at radius 2 is 1.01 bits per heavy atom. The molecule has 17 rings (SSSR count). The van der Waals surface area contributed by atoms with Gasteiger partial charge in [0.1, 0.15) is 23.9 Å². The first-order valence-electron chi connectivity index (χ1n) is 50.1. The normalized spacial score (nSPS) is 22.0. The van der Waals surface area contributed by atoms with E-state index in [1.54, 1.807) is 43.7 Å². The van der Waals surface area contributed by atoms with Crippen molar-refractivity contribution in [2.75, 3.05) is 140 Å². The van der Waals surface area contributed by atoms with Gasteiger partial charge in [-0.2, -0.15) is 52.8 Å². The number of hydrogen-bond donors (Lipinski definition) is 7. The highest BCUT2D eigenvalue weighted by Gasteiger charge is 2.54. The van der Waals surface area contributed by atoms with Gasteiger partial charge in [-0.3, -0.25) is 53.3 Å². The van der Waals surface area contributed by atoms with Crippen LogP contribution in [0.2, 0.25) is 0 Å². The topological polar surface area (TPSA) is 453 Å². The molecule has 0 bridgehead atoms. The number of esters is 2. The summed E-state index contributed by atoms with van der Waals surface area (Å²) < 4.78 is 143. The lowest BCUT2D eigenvalue weighted by atomic mass is 9.80. The molecule has 12 N–H and O–H groups in total. The molecule has 9 unspecified atom stereocenters. The van der Waals surface area contributed by atoms with Gasteiger partial charge >= 0.3 is 56.5 Å². The molecule has 9 fully saturated rings. The molecule has 12 aliphatic rings. The summed E-state index contributed by atoms with van der Waals surface area (Å²) in [6.45, 7) is 29.9. The van der Waals surface area contributed by atoms with Gasteiger partial charge in [-0.1, -0.05) is 103 Å². The smallest absolute Gasteiger partial charge is 0.466 e. The van der Waals surface area contributed by atoms with E-state index in [1.807, 2.05) is 57.2 Å². The van der Waals surface area contributed by atoms with Crippen molar-refractivity contribution in [3.8, 4) is 0 Å². The van der Waals surface area contributed by atoms with Gasteiger partial charge in [-0.15, -0.1) is 21.0 Å². The molecule has 806 valence electrons. The number of halogens is 7. The Morgan fingerprint density at radius 3 is 1.52 bits per heavy atom. The summed E-state index contributed by atoms with van der Waals surface area (Å²) in [6, 6.07) is 40.2. The van der Waals surface area contributed by atoms with Crippen molar-refractivity contribution < 1.29 is 119 Å². The van der Waals surface area contributed by atoms with Crippen molar-refractivity contribution >= 4 is 126 Å². The number of nitrogens with two attached hydrogens (primary N) is 5. The van der Waals surface area contributed by atoms with E-state index < -0.39 is 61.2 Å². The van der Waals surface area contributed by atoms with Crippen molar-refractivity contribution in [1.29, 1.82) is 0 Å². The van der Waals surface area contributed by atoms with Crippen LogP contribution in [0.25, 0.3) is 11.1 Å². The van der Waals surface area contributed by atoms with Gasteiger partial charge in [0.05, 0.1) is 25.3 Å². The number of anilines is 5. The number of ether oxygens (including phenoxy) is 4. The summed E-state index contributed by atoms with van der Waals surface area (Å²) in [4.78, 5) is 98.6. The molecule has 32 nitrogen and oxygen atoms in total. The standard InChI is InChI=1S/C14H20N2.2C14H18N2.C13H21NO3.C9H15N.C8H5F6NO6S2.C8H19NO2.C8H13NO.C8H12O4.C6H8BNO2.CO2.ClH/c3*15-13-5-3-11(4-6-13)12-7-9-16-8-1-2-14(16)10-12;1-3-9-8-14-7-5-6-10(14)11(12(9)15)13(16)17-4-2;1-8-4-6-10-5-2-3-9(10)7-8;9-7(10,11)22(16,17)20-15(6-4-2-1-3-5-6)21-23(18,19)8(12,13)14;1-3-10-8(11-4-2)6-5-7-9;10-8-3-5-9-4-1-2-7(9)6-8;1-3-12-8(11)5-7(10)4-6(2)9;8-6-3-1-5(2-4-6)7(9)10;2-1-3;/h3-6,12,14H,1-2,7-10,15H2;3-6,10,14H,1-2,7-9,15H2;3-7,14H,1-2,8-10,15H2;9-11H,3-8H2,1-2H3;4,9H,2-3,5-7H2,1H3;1-5H;8H,3-7,9H2,1-2H3;7H,1-6H2;3-5H2,1-2H3;1-4,9-10H,8H2;;1H. The summed E-state index contributed by atoms with van der Waals surface area (Å²) in [5, 5.41) is 16.2. The minimum atomic E-state index is -6.49. The van der Waals surface area contributed by atoms with Gasteiger partial charge in [0.15, 0.2) is 17.9 Å². The van der Waals surface area contributed by atoms with Crippen LogP contribution in [0.4, 0.5) is 54.8 Å². The van der Waals surface area contributed by atoms with Crippen molar-refractivity contribution in [3.05, 3.63) is 168 Å². The summed E-state index contributed by atoms with van der Waals surface area (Å²) in [5.74, 6) is -0.673. The molecule has 9 saturated heterocycles. The highest BCUT2D eigenvalue weighted by atomic mass is 35.5. The largest absolute Gasteiger partial charge is 0.525 e. The molecule has 145 heavy (non-hydrogen) atoms. The fraction of sp³-hybridized carbons (Fsp3) is 0.583. The fourth-order valence-electron chi connectivity index (χ4n) is 19.4. The Hall–Kier alpha value is -9.37. The summed E-state index contributed by atoms with van der Waals surface area (Å²) in [5.41, 5.74) is 27.4. The molecule has 5 aromatic rings. The molecule has 0 aromatic heterocycles. The summed E-state index contributed by atoms with van der Waals surface area (Å²) in [7, 11) is -14.4. The van der Waals surface area contributed by atoms with Crippen LogP contribution in [-0.4, -0.2) is 270 Å². The summed E-state index contributed by atoms with van der Waals surface area (Å²) >= 11 is 0. The van der Waals surface area contributed by atoms with Gasteiger partial charge < -0.3 is 62.6 Å². The number of nitrogen functional groups attached to an aromatic ring is 4. The third-order valence-corrected chi connectivity index (χ3v) is 28.5. The first-order valence-corrected chi connectivity index (χ1v) is 52.9. The van der Waals surface area contributed by atoms with E-state index in [0.717, 1.165) is 136 Å². The molecule has 0 aliphatic carbocycles. The van der Waals surface area contributed by atoms with Gasteiger partial charge in [0.2, 0.25) is 0 Å². The average Bonchev–Trinajstić information content (AvgIpc) is 1.54. The zero-order chi connectivity index (χ0) is 106. The average molecular weight is 2100 g/mol. The van der Waals surface area contributed by atoms with Crippen LogP contribution in [0.3, 0.4) is 0 Å². The molecule has 0 saturated carbocycles. The van der Waals surface area contributed by atoms with E-state index in [2.05, 4.69) is 104 Å². The minimum absolute atomic E-state index is 0. The number of rotatable bonds is 24. The molecule has 5 aromatic carbocycles. The Morgan fingerprint density at radius 1 is 0.538 bits per heavy atom.